The van der Waals surface area contributed by atoms with Crippen molar-refractivity contribution in [1.82, 2.24) is 0 Å². The second kappa shape index (κ2) is 3.29. The van der Waals surface area contributed by atoms with Crippen LogP contribution >= 0.6 is 0 Å². The van der Waals surface area contributed by atoms with Crippen LogP contribution in [-0.4, -0.2) is 23.9 Å². The molecule has 6 heteroatoms. The van der Waals surface area contributed by atoms with E-state index in [0.717, 1.165) is 12.8 Å². The molecule has 6 rings (SSSR count). The van der Waals surface area contributed by atoms with Crippen LogP contribution in [0.3, 0.4) is 0 Å². The molecule has 0 radical (unpaired) electrons. The fourth-order valence-corrected chi connectivity index (χ4v) is 7.40. The van der Waals surface area contributed by atoms with Gasteiger partial charge in [0.05, 0.1) is 23.7 Å². The first-order valence-electron chi connectivity index (χ1n) is 8.09. The molecule has 6 nitrogen and oxygen atoms in total. The molecular formula is C16H14O6. The maximum absolute atomic E-state index is 12.0. The molecule has 22 heavy (non-hydrogen) atoms. The average molecular weight is 302 g/mol. The van der Waals surface area contributed by atoms with Crippen molar-refractivity contribution in [2.24, 2.45) is 59.2 Å². The van der Waals surface area contributed by atoms with Crippen molar-refractivity contribution in [3.8, 4) is 0 Å². The van der Waals surface area contributed by atoms with Crippen molar-refractivity contribution in [2.45, 2.75) is 12.8 Å². The highest BCUT2D eigenvalue weighted by Gasteiger charge is 2.77. The molecule has 0 aromatic carbocycles. The number of hydrogen-bond acceptors (Lipinski definition) is 6. The summed E-state index contributed by atoms with van der Waals surface area (Å²) >= 11 is 0. The van der Waals surface area contributed by atoms with E-state index in [1.54, 1.807) is 0 Å². The van der Waals surface area contributed by atoms with Gasteiger partial charge in [0.25, 0.3) is 0 Å². The Kier molecular flexibility index (Phi) is 1.76. The maximum Gasteiger partial charge on any atom is 0.317 e. The summed E-state index contributed by atoms with van der Waals surface area (Å²) in [5, 5.41) is 0. The van der Waals surface area contributed by atoms with E-state index in [2.05, 4.69) is 0 Å². The summed E-state index contributed by atoms with van der Waals surface area (Å²) in [5.74, 6) is -1.51. The second-order valence-corrected chi connectivity index (χ2v) is 7.86. The van der Waals surface area contributed by atoms with Crippen molar-refractivity contribution in [2.75, 3.05) is 0 Å². The summed E-state index contributed by atoms with van der Waals surface area (Å²) in [6, 6.07) is 0. The molecule has 4 bridgehead atoms. The number of cyclic esters (lactones) is 4. The highest BCUT2D eigenvalue weighted by Crippen LogP contribution is 2.74. The van der Waals surface area contributed by atoms with Crippen molar-refractivity contribution in [3.63, 3.8) is 0 Å². The topological polar surface area (TPSA) is 86.7 Å². The molecular weight excluding hydrogens is 288 g/mol. The summed E-state index contributed by atoms with van der Waals surface area (Å²) < 4.78 is 9.73. The van der Waals surface area contributed by atoms with Crippen molar-refractivity contribution < 1.29 is 28.7 Å². The molecule has 4 aliphatic carbocycles. The standard InChI is InChI=1S/C16H14O6/c17-13-9-3-1-4(10(9)14(18)21-13)8-6-2-5(7(3)8)11-12(6)16(20)22-15(11)19/h3-12H,1-2H2/t3-,4+,5-,6+,7?,8?,9-,10+,11-,12?/m0/s1. The van der Waals surface area contributed by atoms with Gasteiger partial charge < -0.3 is 9.47 Å². The van der Waals surface area contributed by atoms with E-state index in [4.69, 9.17) is 9.47 Å². The Morgan fingerprint density at radius 1 is 0.545 bits per heavy atom. The molecule has 2 saturated heterocycles. The summed E-state index contributed by atoms with van der Waals surface area (Å²) in [5.41, 5.74) is 0. The van der Waals surface area contributed by atoms with Crippen LogP contribution in [0, 0.1) is 59.2 Å². The lowest BCUT2D eigenvalue weighted by Crippen LogP contribution is -2.45. The summed E-state index contributed by atoms with van der Waals surface area (Å²) in [6.45, 7) is 0. The zero-order valence-electron chi connectivity index (χ0n) is 11.6. The Morgan fingerprint density at radius 2 is 0.818 bits per heavy atom. The SMILES string of the molecule is O=C1OC(=O)[C@@H]2C1[C@@H]1C[C@H]2C2C1[C@H]1C[C@@H]2[C@@H]2C(=O)OC(=O)[C@@H]21. The number of rotatable bonds is 0. The van der Waals surface area contributed by atoms with Crippen LogP contribution in [0.1, 0.15) is 12.8 Å². The lowest BCUT2D eigenvalue weighted by molar-refractivity contribution is -0.156. The minimum atomic E-state index is -0.370. The normalized spacial score (nSPS) is 59.6. The van der Waals surface area contributed by atoms with Crippen molar-refractivity contribution in [1.29, 1.82) is 0 Å². The second-order valence-electron chi connectivity index (χ2n) is 7.86. The third-order valence-electron chi connectivity index (χ3n) is 7.62. The Hall–Kier alpha value is -1.72. The quantitative estimate of drug-likeness (QED) is 0.360. The lowest BCUT2D eigenvalue weighted by Gasteiger charge is -2.40. The molecule has 6 fully saturated rings. The van der Waals surface area contributed by atoms with Gasteiger partial charge in [-0.3, -0.25) is 19.2 Å². The first kappa shape index (κ1) is 11.8. The number of esters is 4. The van der Waals surface area contributed by atoms with E-state index >= 15 is 0 Å². The fraction of sp³-hybridized carbons (Fsp3) is 0.750. The molecule has 4 saturated carbocycles. The molecule has 0 N–H and O–H groups in total. The Labute approximate surface area is 125 Å². The van der Waals surface area contributed by atoms with Crippen molar-refractivity contribution in [3.05, 3.63) is 0 Å². The van der Waals surface area contributed by atoms with E-state index in [1.807, 2.05) is 0 Å². The first-order chi connectivity index (χ1) is 10.6. The van der Waals surface area contributed by atoms with Gasteiger partial charge >= 0.3 is 23.9 Å². The largest absolute Gasteiger partial charge is 0.393 e. The minimum absolute atomic E-state index is 0.151. The van der Waals surface area contributed by atoms with E-state index < -0.39 is 0 Å². The van der Waals surface area contributed by atoms with Gasteiger partial charge in [0.15, 0.2) is 0 Å². The Morgan fingerprint density at radius 3 is 1.09 bits per heavy atom. The van der Waals surface area contributed by atoms with Crippen LogP contribution in [0.5, 0.6) is 0 Å². The third kappa shape index (κ3) is 0.989. The van der Waals surface area contributed by atoms with Crippen LogP contribution in [0.2, 0.25) is 0 Å². The molecule has 10 atom stereocenters. The van der Waals surface area contributed by atoms with Gasteiger partial charge in [-0.2, -0.15) is 0 Å². The number of hydrogen-bond donors (Lipinski definition) is 0. The number of carbonyl (C=O) groups excluding carboxylic acids is 4. The molecule has 6 aliphatic rings. The van der Waals surface area contributed by atoms with E-state index in [-0.39, 0.29) is 83.1 Å². The summed E-state index contributed by atoms with van der Waals surface area (Å²) in [7, 11) is 0. The van der Waals surface area contributed by atoms with Crippen LogP contribution in [0.4, 0.5) is 0 Å². The number of ether oxygens (including phenoxy) is 2. The maximum atomic E-state index is 12.0. The van der Waals surface area contributed by atoms with Gasteiger partial charge in [0.1, 0.15) is 0 Å². The molecule has 2 heterocycles. The highest BCUT2D eigenvalue weighted by molar-refractivity contribution is 5.99. The van der Waals surface area contributed by atoms with E-state index in [0.29, 0.717) is 0 Å². The number of carbonyl (C=O) groups is 4. The van der Waals surface area contributed by atoms with Crippen LogP contribution in [0.25, 0.3) is 0 Å². The zero-order chi connectivity index (χ0) is 14.9. The molecule has 114 valence electrons. The molecule has 0 aromatic heterocycles. The fourth-order valence-electron chi connectivity index (χ4n) is 7.40. The predicted octanol–water partition coefficient (Wildman–Crippen LogP) is 0.150. The smallest absolute Gasteiger partial charge is 0.317 e. The van der Waals surface area contributed by atoms with Gasteiger partial charge in [0, 0.05) is 0 Å². The minimum Gasteiger partial charge on any atom is -0.393 e. The Balaban J connectivity index is 1.46. The van der Waals surface area contributed by atoms with Crippen molar-refractivity contribution >= 4 is 23.9 Å². The summed E-state index contributed by atoms with van der Waals surface area (Å²) in [6.07, 6.45) is 1.75. The van der Waals surface area contributed by atoms with Gasteiger partial charge in [-0.05, 0) is 48.3 Å². The highest BCUT2D eigenvalue weighted by atomic mass is 16.6. The van der Waals surface area contributed by atoms with Gasteiger partial charge in [-0.15, -0.1) is 0 Å². The Bertz CT molecular complexity index is 572. The van der Waals surface area contributed by atoms with Gasteiger partial charge in [-0.25, -0.2) is 0 Å². The third-order valence-corrected chi connectivity index (χ3v) is 7.62. The molecule has 3 unspecified atom stereocenters. The van der Waals surface area contributed by atoms with E-state index in [9.17, 15) is 19.2 Å². The zero-order valence-corrected chi connectivity index (χ0v) is 11.6. The van der Waals surface area contributed by atoms with Gasteiger partial charge in [-0.1, -0.05) is 0 Å². The summed E-state index contributed by atoms with van der Waals surface area (Å²) in [4.78, 5) is 48.0. The number of fused-ring (bicyclic) bond motifs is 15. The lowest BCUT2D eigenvalue weighted by atomic mass is 9.59. The monoisotopic (exact) mass is 302 g/mol. The molecule has 2 aliphatic heterocycles. The van der Waals surface area contributed by atoms with Crippen LogP contribution in [0.15, 0.2) is 0 Å². The van der Waals surface area contributed by atoms with Gasteiger partial charge in [0.2, 0.25) is 0 Å². The average Bonchev–Trinajstić information content (AvgIpc) is 3.21. The van der Waals surface area contributed by atoms with Crippen LogP contribution < -0.4 is 0 Å². The molecule has 0 spiro atoms. The first-order valence-corrected chi connectivity index (χ1v) is 8.09. The predicted molar refractivity (Wildman–Crippen MR) is 66.3 cm³/mol. The molecule has 0 amide bonds. The van der Waals surface area contributed by atoms with E-state index in [1.165, 1.54) is 0 Å². The molecule has 0 aromatic rings. The van der Waals surface area contributed by atoms with Crippen LogP contribution in [-0.2, 0) is 28.7 Å².